The maximum atomic E-state index is 6.27. The highest BCUT2D eigenvalue weighted by molar-refractivity contribution is 6.62. The Morgan fingerprint density at radius 1 is 0.564 bits per heavy atom. The smallest absolute Gasteiger partial charge is 0.399 e. The van der Waals surface area contributed by atoms with E-state index in [0.717, 1.165) is 33.6 Å². The Kier molecular flexibility index (Phi) is 6.87. The Balaban J connectivity index is 1.47. The van der Waals surface area contributed by atoms with Gasteiger partial charge >= 0.3 is 14.2 Å². The van der Waals surface area contributed by atoms with Crippen LogP contribution in [0.15, 0.2) is 79.4 Å². The minimum Gasteiger partial charge on any atom is -0.399 e. The predicted octanol–water partition coefficient (Wildman–Crippen LogP) is 6.40. The third kappa shape index (κ3) is 5.09. The van der Waals surface area contributed by atoms with Gasteiger partial charge in [-0.1, -0.05) is 49.1 Å². The molecule has 39 heavy (non-hydrogen) atoms. The molecule has 0 spiro atoms. The highest BCUT2D eigenvalue weighted by Gasteiger charge is 2.52. The summed E-state index contributed by atoms with van der Waals surface area (Å²) in [5.41, 5.74) is 4.61. The number of benzene rings is 3. The van der Waals surface area contributed by atoms with Gasteiger partial charge in [0.2, 0.25) is 0 Å². The van der Waals surface area contributed by atoms with Crippen molar-refractivity contribution in [2.45, 2.75) is 77.8 Å². The van der Waals surface area contributed by atoms with Crippen molar-refractivity contribution in [3.63, 3.8) is 0 Å². The largest absolute Gasteiger partial charge is 0.494 e. The lowest BCUT2D eigenvalue weighted by molar-refractivity contribution is 0.00578. The van der Waals surface area contributed by atoms with Crippen molar-refractivity contribution in [1.29, 1.82) is 0 Å². The molecule has 0 amide bonds. The van der Waals surface area contributed by atoms with Crippen molar-refractivity contribution in [2.75, 3.05) is 4.90 Å². The molecule has 3 aromatic rings. The first-order valence-electron chi connectivity index (χ1n) is 13.7. The minimum atomic E-state index is -0.402. The molecule has 0 atom stereocenters. The molecule has 5 nitrogen and oxygen atoms in total. The van der Waals surface area contributed by atoms with Crippen LogP contribution in [0.3, 0.4) is 0 Å². The van der Waals surface area contributed by atoms with Gasteiger partial charge in [0.05, 0.1) is 22.4 Å². The van der Waals surface area contributed by atoms with E-state index in [4.69, 9.17) is 18.6 Å². The summed E-state index contributed by atoms with van der Waals surface area (Å²) in [6.07, 6.45) is 1.87. The van der Waals surface area contributed by atoms with Gasteiger partial charge in [-0.3, -0.25) is 0 Å². The van der Waals surface area contributed by atoms with Crippen LogP contribution in [0.5, 0.6) is 0 Å². The fraction of sp³-hybridized carbons (Fsp3) is 0.375. The molecule has 7 heteroatoms. The minimum absolute atomic E-state index is 0.383. The molecule has 2 saturated heterocycles. The van der Waals surface area contributed by atoms with E-state index >= 15 is 0 Å². The number of hydrogen-bond acceptors (Lipinski definition) is 5. The summed E-state index contributed by atoms with van der Waals surface area (Å²) in [6.45, 7) is 20.5. The quantitative estimate of drug-likeness (QED) is 0.350. The summed E-state index contributed by atoms with van der Waals surface area (Å²) in [5, 5.41) is 0. The van der Waals surface area contributed by atoms with Gasteiger partial charge in [-0.25, -0.2) is 0 Å². The van der Waals surface area contributed by atoms with Crippen molar-refractivity contribution in [3.05, 3.63) is 84.9 Å². The molecule has 2 fully saturated rings. The van der Waals surface area contributed by atoms with Gasteiger partial charge in [0.15, 0.2) is 0 Å². The van der Waals surface area contributed by atoms with E-state index in [1.807, 2.05) is 6.08 Å². The molecule has 0 radical (unpaired) electrons. The second-order valence-corrected chi connectivity index (χ2v) is 12.5. The molecule has 0 aromatic heterocycles. The van der Waals surface area contributed by atoms with Crippen LogP contribution in [0.4, 0.5) is 17.1 Å². The van der Waals surface area contributed by atoms with Gasteiger partial charge in [0.25, 0.3) is 0 Å². The second kappa shape index (κ2) is 9.67. The maximum Gasteiger partial charge on any atom is 0.494 e. The van der Waals surface area contributed by atoms with Crippen LogP contribution in [0, 0.1) is 0 Å². The van der Waals surface area contributed by atoms with Crippen molar-refractivity contribution in [1.82, 2.24) is 0 Å². The Labute approximate surface area is 234 Å². The monoisotopic (exact) mass is 523 g/mol. The summed E-state index contributed by atoms with van der Waals surface area (Å²) in [6, 6.07) is 25.1. The van der Waals surface area contributed by atoms with Crippen LogP contribution in [0.1, 0.15) is 61.0 Å². The molecule has 0 saturated carbocycles. The van der Waals surface area contributed by atoms with E-state index in [1.165, 1.54) is 0 Å². The van der Waals surface area contributed by atoms with E-state index in [1.54, 1.807) is 0 Å². The van der Waals surface area contributed by atoms with Crippen molar-refractivity contribution < 1.29 is 18.6 Å². The number of rotatable bonds is 6. The van der Waals surface area contributed by atoms with Crippen LogP contribution in [-0.4, -0.2) is 36.6 Å². The van der Waals surface area contributed by atoms with Gasteiger partial charge < -0.3 is 23.5 Å². The Morgan fingerprint density at radius 3 is 1.31 bits per heavy atom. The third-order valence-corrected chi connectivity index (χ3v) is 8.72. The highest BCUT2D eigenvalue weighted by Crippen LogP contribution is 2.39. The van der Waals surface area contributed by atoms with Crippen LogP contribution in [0.25, 0.3) is 6.08 Å². The zero-order chi connectivity index (χ0) is 28.2. The molecule has 202 valence electrons. The molecule has 3 aromatic carbocycles. The SMILES string of the molecule is C=Cc1cccc(N(c2ccc(B3OC(C)(C)C(C)(C)O3)cc2)c2ccc(B3OC(C)(C)C(C)(C)O3)cc2)c1. The summed E-state index contributed by atoms with van der Waals surface area (Å²) in [5.74, 6) is 0. The lowest BCUT2D eigenvalue weighted by Gasteiger charge is -2.32. The van der Waals surface area contributed by atoms with Gasteiger partial charge in [0.1, 0.15) is 0 Å². The van der Waals surface area contributed by atoms with E-state index in [9.17, 15) is 0 Å². The fourth-order valence-corrected chi connectivity index (χ4v) is 4.76. The molecule has 2 heterocycles. The Bertz CT molecular complexity index is 1240. The van der Waals surface area contributed by atoms with Crippen LogP contribution in [-0.2, 0) is 18.6 Å². The molecule has 0 bridgehead atoms. The van der Waals surface area contributed by atoms with E-state index in [0.29, 0.717) is 0 Å². The summed E-state index contributed by atoms with van der Waals surface area (Å²) in [4.78, 5) is 2.23. The van der Waals surface area contributed by atoms with Gasteiger partial charge in [-0.2, -0.15) is 0 Å². The topological polar surface area (TPSA) is 40.2 Å². The average Bonchev–Trinajstić information content (AvgIpc) is 3.24. The second-order valence-electron chi connectivity index (χ2n) is 12.5. The van der Waals surface area contributed by atoms with E-state index in [2.05, 4.69) is 140 Å². The van der Waals surface area contributed by atoms with Gasteiger partial charge in [-0.05, 0) is 108 Å². The molecular weight excluding hydrogens is 484 g/mol. The van der Waals surface area contributed by atoms with Gasteiger partial charge in [-0.15, -0.1) is 0 Å². The molecule has 5 rings (SSSR count). The normalized spacial score (nSPS) is 20.7. The van der Waals surface area contributed by atoms with Crippen molar-refractivity contribution in [3.8, 4) is 0 Å². The summed E-state index contributed by atoms with van der Waals surface area (Å²) < 4.78 is 25.1. The Morgan fingerprint density at radius 2 is 0.949 bits per heavy atom. The molecule has 0 unspecified atom stereocenters. The number of anilines is 3. The molecule has 0 N–H and O–H groups in total. The first kappa shape index (κ1) is 27.7. The average molecular weight is 523 g/mol. The maximum absolute atomic E-state index is 6.27. The van der Waals surface area contributed by atoms with E-state index in [-0.39, 0.29) is 22.4 Å². The predicted molar refractivity (Wildman–Crippen MR) is 163 cm³/mol. The molecule has 2 aliphatic rings. The first-order valence-corrected chi connectivity index (χ1v) is 13.7. The number of hydrogen-bond donors (Lipinski definition) is 0. The standard InChI is InChI=1S/C32H39B2NO4/c1-10-23-12-11-13-28(22-23)35(26-18-14-24(15-19-26)33-36-29(2,3)30(4,5)37-33)27-20-16-25(17-21-27)34-38-31(6,7)32(8,9)39-34/h10-22H,1H2,2-9H3. The fourth-order valence-electron chi connectivity index (χ4n) is 4.76. The third-order valence-electron chi connectivity index (χ3n) is 8.72. The lowest BCUT2D eigenvalue weighted by atomic mass is 9.79. The summed E-state index contributed by atoms with van der Waals surface area (Å²) in [7, 11) is -0.804. The zero-order valence-electron chi connectivity index (χ0n) is 24.4. The lowest BCUT2D eigenvalue weighted by Crippen LogP contribution is -2.41. The van der Waals surface area contributed by atoms with Crippen LogP contribution < -0.4 is 15.8 Å². The molecular formula is C32H39B2NO4. The summed E-state index contributed by atoms with van der Waals surface area (Å²) >= 11 is 0. The van der Waals surface area contributed by atoms with E-state index < -0.39 is 14.2 Å². The van der Waals surface area contributed by atoms with Gasteiger partial charge in [0, 0.05) is 17.1 Å². The highest BCUT2D eigenvalue weighted by atomic mass is 16.7. The zero-order valence-corrected chi connectivity index (χ0v) is 24.4. The van der Waals surface area contributed by atoms with Crippen molar-refractivity contribution >= 4 is 48.3 Å². The van der Waals surface area contributed by atoms with Crippen LogP contribution in [0.2, 0.25) is 0 Å². The Hall–Kier alpha value is -2.83. The first-order chi connectivity index (χ1) is 18.2. The molecule has 2 aliphatic heterocycles. The molecule has 0 aliphatic carbocycles. The number of nitrogens with zero attached hydrogens (tertiary/aromatic N) is 1. The van der Waals surface area contributed by atoms with Crippen LogP contribution >= 0.6 is 0 Å². The van der Waals surface area contributed by atoms with Crippen molar-refractivity contribution in [2.24, 2.45) is 0 Å².